The SMILES string of the molecule is Cc1ccc(OC(F)(F)F)cc1OCC(=O)CN. The van der Waals surface area contributed by atoms with Crippen LogP contribution in [0.1, 0.15) is 5.56 Å². The average molecular weight is 263 g/mol. The Morgan fingerprint density at radius 3 is 2.61 bits per heavy atom. The molecule has 0 aromatic heterocycles. The Kier molecular flexibility index (Phi) is 4.55. The third kappa shape index (κ3) is 4.62. The Bertz CT molecular complexity index is 432. The Morgan fingerprint density at radius 1 is 1.39 bits per heavy atom. The highest BCUT2D eigenvalue weighted by Crippen LogP contribution is 2.28. The molecule has 0 spiro atoms. The molecule has 0 aliphatic rings. The van der Waals surface area contributed by atoms with Crippen LogP contribution in [0.15, 0.2) is 18.2 Å². The molecule has 0 radical (unpaired) electrons. The van der Waals surface area contributed by atoms with Crippen LogP contribution >= 0.6 is 0 Å². The number of benzene rings is 1. The quantitative estimate of drug-likeness (QED) is 0.879. The molecule has 1 aromatic carbocycles. The minimum absolute atomic E-state index is 0.151. The van der Waals surface area contributed by atoms with Crippen LogP contribution in [-0.4, -0.2) is 25.3 Å². The highest BCUT2D eigenvalue weighted by molar-refractivity contribution is 5.81. The summed E-state index contributed by atoms with van der Waals surface area (Å²) in [5, 5.41) is 0. The second kappa shape index (κ2) is 5.72. The van der Waals surface area contributed by atoms with E-state index in [-0.39, 0.29) is 24.7 Å². The summed E-state index contributed by atoms with van der Waals surface area (Å²) >= 11 is 0. The molecule has 0 aliphatic carbocycles. The van der Waals surface area contributed by atoms with Crippen LogP contribution in [-0.2, 0) is 4.79 Å². The number of ether oxygens (including phenoxy) is 2. The van der Waals surface area contributed by atoms with Gasteiger partial charge in [-0.2, -0.15) is 0 Å². The van der Waals surface area contributed by atoms with Gasteiger partial charge in [-0.15, -0.1) is 13.2 Å². The van der Waals surface area contributed by atoms with Gasteiger partial charge in [0.05, 0.1) is 6.54 Å². The molecule has 0 bridgehead atoms. The van der Waals surface area contributed by atoms with Crippen LogP contribution in [0, 0.1) is 6.92 Å². The van der Waals surface area contributed by atoms with Crippen molar-refractivity contribution >= 4 is 5.78 Å². The Hall–Kier alpha value is -1.76. The van der Waals surface area contributed by atoms with Crippen LogP contribution in [0.2, 0.25) is 0 Å². The number of carbonyl (C=O) groups excluding carboxylic acids is 1. The lowest BCUT2D eigenvalue weighted by atomic mass is 10.2. The first-order valence-corrected chi connectivity index (χ1v) is 5.03. The number of hydrogen-bond acceptors (Lipinski definition) is 4. The van der Waals surface area contributed by atoms with Gasteiger partial charge in [0.2, 0.25) is 0 Å². The maximum absolute atomic E-state index is 12.0. The molecule has 0 saturated heterocycles. The van der Waals surface area contributed by atoms with Crippen molar-refractivity contribution in [2.45, 2.75) is 13.3 Å². The van der Waals surface area contributed by atoms with Gasteiger partial charge in [-0.05, 0) is 18.6 Å². The number of ketones is 1. The number of hydrogen-bond donors (Lipinski definition) is 1. The lowest BCUT2D eigenvalue weighted by molar-refractivity contribution is -0.274. The number of carbonyl (C=O) groups is 1. The van der Waals surface area contributed by atoms with Crippen LogP contribution in [0.25, 0.3) is 0 Å². The van der Waals surface area contributed by atoms with E-state index in [9.17, 15) is 18.0 Å². The summed E-state index contributed by atoms with van der Waals surface area (Å²) in [6, 6.07) is 3.65. The van der Waals surface area contributed by atoms with E-state index in [1.54, 1.807) is 6.92 Å². The van der Waals surface area contributed by atoms with Crippen LogP contribution in [0.4, 0.5) is 13.2 Å². The molecule has 0 unspecified atom stereocenters. The fourth-order valence-electron chi connectivity index (χ4n) is 1.15. The van der Waals surface area contributed by atoms with Crippen LogP contribution in [0.5, 0.6) is 11.5 Å². The minimum Gasteiger partial charge on any atom is -0.485 e. The molecule has 18 heavy (non-hydrogen) atoms. The summed E-state index contributed by atoms with van der Waals surface area (Å²) in [6.45, 7) is 1.17. The van der Waals surface area contributed by atoms with E-state index < -0.39 is 12.1 Å². The highest BCUT2D eigenvalue weighted by atomic mass is 19.4. The zero-order valence-corrected chi connectivity index (χ0v) is 9.58. The van der Waals surface area contributed by atoms with Crippen molar-refractivity contribution in [1.29, 1.82) is 0 Å². The van der Waals surface area contributed by atoms with Crippen molar-refractivity contribution in [3.05, 3.63) is 23.8 Å². The molecule has 100 valence electrons. The van der Waals surface area contributed by atoms with E-state index in [0.29, 0.717) is 5.56 Å². The Morgan fingerprint density at radius 2 is 2.06 bits per heavy atom. The molecule has 0 atom stereocenters. The minimum atomic E-state index is -4.76. The summed E-state index contributed by atoms with van der Waals surface area (Å²) in [6.07, 6.45) is -4.76. The zero-order valence-electron chi connectivity index (χ0n) is 9.58. The third-order valence-corrected chi connectivity index (χ3v) is 2.01. The van der Waals surface area contributed by atoms with E-state index in [1.165, 1.54) is 12.1 Å². The number of alkyl halides is 3. The van der Waals surface area contributed by atoms with Crippen molar-refractivity contribution in [3.8, 4) is 11.5 Å². The van der Waals surface area contributed by atoms with Crippen molar-refractivity contribution in [3.63, 3.8) is 0 Å². The Balaban J connectivity index is 2.78. The number of rotatable bonds is 5. The van der Waals surface area contributed by atoms with Gasteiger partial charge in [0.15, 0.2) is 5.78 Å². The van der Waals surface area contributed by atoms with E-state index in [0.717, 1.165) is 6.07 Å². The Labute approximate surface area is 101 Å². The number of Topliss-reactive ketones (excluding diaryl/α,β-unsaturated/α-hetero) is 1. The van der Waals surface area contributed by atoms with Crippen molar-refractivity contribution < 1.29 is 27.4 Å². The molecule has 0 aliphatic heterocycles. The highest BCUT2D eigenvalue weighted by Gasteiger charge is 2.31. The largest absolute Gasteiger partial charge is 0.573 e. The van der Waals surface area contributed by atoms with Crippen molar-refractivity contribution in [2.24, 2.45) is 5.73 Å². The average Bonchev–Trinajstić information content (AvgIpc) is 2.27. The molecular formula is C11H12F3NO3. The van der Waals surface area contributed by atoms with Crippen molar-refractivity contribution in [1.82, 2.24) is 0 Å². The zero-order chi connectivity index (χ0) is 13.8. The summed E-state index contributed by atoms with van der Waals surface area (Å²) in [4.78, 5) is 10.9. The maximum Gasteiger partial charge on any atom is 0.573 e. The summed E-state index contributed by atoms with van der Waals surface area (Å²) in [7, 11) is 0. The molecule has 1 aromatic rings. The number of nitrogens with two attached hydrogens (primary N) is 1. The predicted octanol–water partition coefficient (Wildman–Crippen LogP) is 1.80. The molecule has 0 heterocycles. The molecule has 0 saturated carbocycles. The second-order valence-corrected chi connectivity index (χ2v) is 3.51. The number of aryl methyl sites for hydroxylation is 1. The maximum atomic E-state index is 12.0. The molecule has 4 nitrogen and oxygen atoms in total. The normalized spacial score (nSPS) is 11.2. The van der Waals surface area contributed by atoms with Gasteiger partial charge in [-0.25, -0.2) is 0 Å². The van der Waals surface area contributed by atoms with Crippen molar-refractivity contribution in [2.75, 3.05) is 13.2 Å². The molecule has 0 amide bonds. The third-order valence-electron chi connectivity index (χ3n) is 2.01. The summed E-state index contributed by atoms with van der Waals surface area (Å²) in [5.41, 5.74) is 5.68. The standard InChI is InChI=1S/C11H12F3NO3/c1-7-2-3-9(18-11(12,13)14)4-10(7)17-6-8(16)5-15/h2-4H,5-6,15H2,1H3. The van der Waals surface area contributed by atoms with Gasteiger partial charge < -0.3 is 15.2 Å². The fraction of sp³-hybridized carbons (Fsp3) is 0.364. The first-order chi connectivity index (χ1) is 8.31. The summed E-state index contributed by atoms with van der Waals surface area (Å²) < 4.78 is 44.8. The van der Waals surface area contributed by atoms with E-state index >= 15 is 0 Å². The first-order valence-electron chi connectivity index (χ1n) is 5.03. The predicted molar refractivity (Wildman–Crippen MR) is 57.4 cm³/mol. The molecule has 0 fully saturated rings. The molecule has 2 N–H and O–H groups in total. The van der Waals surface area contributed by atoms with Gasteiger partial charge in [0.1, 0.15) is 18.1 Å². The molecule has 7 heteroatoms. The lowest BCUT2D eigenvalue weighted by Crippen LogP contribution is -2.21. The van der Waals surface area contributed by atoms with Gasteiger partial charge in [-0.1, -0.05) is 6.07 Å². The van der Waals surface area contributed by atoms with Gasteiger partial charge >= 0.3 is 6.36 Å². The van der Waals surface area contributed by atoms with Gasteiger partial charge in [0.25, 0.3) is 0 Å². The lowest BCUT2D eigenvalue weighted by Gasteiger charge is -2.12. The molecular weight excluding hydrogens is 251 g/mol. The van der Waals surface area contributed by atoms with Crippen LogP contribution in [0.3, 0.4) is 0 Å². The van der Waals surface area contributed by atoms with Gasteiger partial charge in [-0.3, -0.25) is 4.79 Å². The molecule has 1 rings (SSSR count). The van der Waals surface area contributed by atoms with Gasteiger partial charge in [0, 0.05) is 6.07 Å². The van der Waals surface area contributed by atoms with E-state index in [1.807, 2.05) is 0 Å². The number of halogens is 3. The van der Waals surface area contributed by atoms with Crippen LogP contribution < -0.4 is 15.2 Å². The monoisotopic (exact) mass is 263 g/mol. The summed E-state index contributed by atoms with van der Waals surface area (Å²) in [5.74, 6) is -0.599. The smallest absolute Gasteiger partial charge is 0.485 e. The second-order valence-electron chi connectivity index (χ2n) is 3.51. The fourth-order valence-corrected chi connectivity index (χ4v) is 1.15. The topological polar surface area (TPSA) is 61.5 Å². The first kappa shape index (κ1) is 14.3. The van der Waals surface area contributed by atoms with E-state index in [2.05, 4.69) is 4.74 Å². The van der Waals surface area contributed by atoms with E-state index in [4.69, 9.17) is 10.5 Å².